The van der Waals surface area contributed by atoms with E-state index in [2.05, 4.69) is 11.6 Å². The second-order valence-electron chi connectivity index (χ2n) is 5.51. The van der Waals surface area contributed by atoms with Gasteiger partial charge in [-0.3, -0.25) is 4.79 Å². The number of ether oxygens (including phenoxy) is 2. The Morgan fingerprint density at radius 1 is 1.62 bits per heavy atom. The molecule has 1 aliphatic heterocycles. The van der Waals surface area contributed by atoms with Crippen LogP contribution in [0.2, 0.25) is 0 Å². The third kappa shape index (κ3) is 3.17. The number of hydrogen-bond donors (Lipinski definition) is 0. The molecule has 1 aromatic rings. The highest BCUT2D eigenvalue weighted by Gasteiger charge is 2.43. The first-order chi connectivity index (χ1) is 10.3. The van der Waals surface area contributed by atoms with Crippen LogP contribution in [0, 0.1) is 5.92 Å². The first-order valence-electron chi connectivity index (χ1n) is 7.29. The highest BCUT2D eigenvalue weighted by molar-refractivity contribution is 7.07. The smallest absolute Gasteiger partial charge is 0.273 e. The zero-order valence-electron chi connectivity index (χ0n) is 11.9. The van der Waals surface area contributed by atoms with Crippen LogP contribution in [0.5, 0.6) is 0 Å². The molecule has 0 aromatic carbocycles. The molecule has 114 valence electrons. The minimum Gasteiger partial charge on any atom is -0.377 e. The van der Waals surface area contributed by atoms with Crippen LogP contribution in [0.4, 0.5) is 0 Å². The Bertz CT molecular complexity index is 491. The lowest BCUT2D eigenvalue weighted by atomic mass is 10.1. The van der Waals surface area contributed by atoms with E-state index in [1.165, 1.54) is 11.3 Å². The zero-order chi connectivity index (χ0) is 14.7. The fraction of sp³-hybridized carbons (Fsp3) is 0.600. The molecule has 0 N–H and O–H groups in total. The van der Waals surface area contributed by atoms with Gasteiger partial charge in [0.15, 0.2) is 0 Å². The van der Waals surface area contributed by atoms with Gasteiger partial charge in [-0.25, -0.2) is 4.98 Å². The third-order valence-corrected chi connectivity index (χ3v) is 4.72. The van der Waals surface area contributed by atoms with Gasteiger partial charge in [0, 0.05) is 18.5 Å². The van der Waals surface area contributed by atoms with Crippen molar-refractivity contribution in [3.8, 4) is 0 Å². The van der Waals surface area contributed by atoms with Crippen LogP contribution in [0.3, 0.4) is 0 Å². The van der Waals surface area contributed by atoms with Crippen LogP contribution in [0.25, 0.3) is 0 Å². The SMILES string of the molecule is C=CCOCC1C[C@@H]2OCCN(C(=O)c3cscn3)[C@H]2C1. The van der Waals surface area contributed by atoms with E-state index in [9.17, 15) is 4.79 Å². The van der Waals surface area contributed by atoms with Crippen molar-refractivity contribution in [2.24, 2.45) is 5.92 Å². The Balaban J connectivity index is 1.64. The number of aromatic nitrogens is 1. The molecule has 1 unspecified atom stereocenters. The molecule has 2 heterocycles. The summed E-state index contributed by atoms with van der Waals surface area (Å²) in [4.78, 5) is 18.6. The van der Waals surface area contributed by atoms with Gasteiger partial charge in [-0.1, -0.05) is 6.08 Å². The first-order valence-corrected chi connectivity index (χ1v) is 8.23. The summed E-state index contributed by atoms with van der Waals surface area (Å²) >= 11 is 1.45. The van der Waals surface area contributed by atoms with Crippen molar-refractivity contribution in [3.05, 3.63) is 29.2 Å². The van der Waals surface area contributed by atoms with Gasteiger partial charge in [0.2, 0.25) is 0 Å². The van der Waals surface area contributed by atoms with Gasteiger partial charge in [0.1, 0.15) is 5.69 Å². The molecule has 21 heavy (non-hydrogen) atoms. The maximum Gasteiger partial charge on any atom is 0.273 e. The molecule has 5 nitrogen and oxygen atoms in total. The summed E-state index contributed by atoms with van der Waals surface area (Å²) in [7, 11) is 0. The molecule has 1 aliphatic carbocycles. The quantitative estimate of drug-likeness (QED) is 0.616. The molecule has 2 fully saturated rings. The number of carbonyl (C=O) groups excluding carboxylic acids is 1. The van der Waals surface area contributed by atoms with Gasteiger partial charge < -0.3 is 14.4 Å². The van der Waals surface area contributed by atoms with Crippen LogP contribution in [0.15, 0.2) is 23.5 Å². The maximum absolute atomic E-state index is 12.5. The van der Waals surface area contributed by atoms with Crippen molar-refractivity contribution in [3.63, 3.8) is 0 Å². The van der Waals surface area contributed by atoms with Crippen LogP contribution < -0.4 is 0 Å². The molecule has 1 aromatic heterocycles. The van der Waals surface area contributed by atoms with E-state index in [0.717, 1.165) is 12.8 Å². The molecule has 0 spiro atoms. The monoisotopic (exact) mass is 308 g/mol. The summed E-state index contributed by atoms with van der Waals surface area (Å²) in [6.45, 7) is 6.20. The van der Waals surface area contributed by atoms with Crippen molar-refractivity contribution in [2.75, 3.05) is 26.4 Å². The molecule has 1 saturated heterocycles. The topological polar surface area (TPSA) is 51.7 Å². The summed E-state index contributed by atoms with van der Waals surface area (Å²) in [5.41, 5.74) is 2.25. The standard InChI is InChI=1S/C15H20N2O3S/c1-2-4-19-8-11-6-13-14(7-11)20-5-3-17(13)15(18)12-9-21-10-16-12/h2,9-11,13-14H,1,3-8H2/t11?,13-,14-/m0/s1. The molecule has 1 amide bonds. The molecule has 3 atom stereocenters. The molecular weight excluding hydrogens is 288 g/mol. The lowest BCUT2D eigenvalue weighted by molar-refractivity contribution is -0.0451. The summed E-state index contributed by atoms with van der Waals surface area (Å²) in [6, 6.07) is 0.158. The van der Waals surface area contributed by atoms with Crippen molar-refractivity contribution in [2.45, 2.75) is 25.0 Å². The van der Waals surface area contributed by atoms with Crippen molar-refractivity contribution in [1.82, 2.24) is 9.88 Å². The zero-order valence-corrected chi connectivity index (χ0v) is 12.8. The fourth-order valence-corrected chi connectivity index (χ4v) is 3.75. The van der Waals surface area contributed by atoms with Gasteiger partial charge >= 0.3 is 0 Å². The predicted octanol–water partition coefficient (Wildman–Crippen LogP) is 1.97. The minimum atomic E-state index is 0.0298. The van der Waals surface area contributed by atoms with E-state index in [0.29, 0.717) is 38.0 Å². The number of morpholine rings is 1. The number of thiazole rings is 1. The number of rotatable bonds is 5. The number of nitrogens with zero attached hydrogens (tertiary/aromatic N) is 2. The molecule has 6 heteroatoms. The van der Waals surface area contributed by atoms with Gasteiger partial charge in [0.05, 0.1) is 30.9 Å². The van der Waals surface area contributed by atoms with Gasteiger partial charge in [-0.05, 0) is 18.8 Å². The summed E-state index contributed by atoms with van der Waals surface area (Å²) in [5.74, 6) is 0.478. The second-order valence-corrected chi connectivity index (χ2v) is 6.23. The van der Waals surface area contributed by atoms with Crippen LogP contribution in [0.1, 0.15) is 23.3 Å². The van der Waals surface area contributed by atoms with Gasteiger partial charge in [-0.2, -0.15) is 0 Å². The lowest BCUT2D eigenvalue weighted by Gasteiger charge is -2.37. The fourth-order valence-electron chi connectivity index (χ4n) is 3.22. The Morgan fingerprint density at radius 3 is 3.29 bits per heavy atom. The molecule has 0 radical (unpaired) electrons. The second kappa shape index (κ2) is 6.68. The summed E-state index contributed by atoms with van der Waals surface area (Å²) in [5, 5.41) is 1.81. The average molecular weight is 308 g/mol. The van der Waals surface area contributed by atoms with E-state index in [1.54, 1.807) is 11.6 Å². The van der Waals surface area contributed by atoms with E-state index in [4.69, 9.17) is 9.47 Å². The van der Waals surface area contributed by atoms with Crippen LogP contribution in [-0.2, 0) is 9.47 Å². The largest absolute Gasteiger partial charge is 0.377 e. The van der Waals surface area contributed by atoms with Crippen molar-refractivity contribution >= 4 is 17.2 Å². The van der Waals surface area contributed by atoms with E-state index >= 15 is 0 Å². The lowest BCUT2D eigenvalue weighted by Crippen LogP contribution is -2.51. The maximum atomic E-state index is 12.5. The number of hydrogen-bond acceptors (Lipinski definition) is 5. The minimum absolute atomic E-state index is 0.0298. The molecule has 1 saturated carbocycles. The van der Waals surface area contributed by atoms with Gasteiger partial charge in [-0.15, -0.1) is 17.9 Å². The normalized spacial score (nSPS) is 28.4. The molecule has 0 bridgehead atoms. The third-order valence-electron chi connectivity index (χ3n) is 4.14. The Morgan fingerprint density at radius 2 is 2.52 bits per heavy atom. The molecule has 3 rings (SSSR count). The number of carbonyl (C=O) groups is 1. The van der Waals surface area contributed by atoms with Gasteiger partial charge in [0.25, 0.3) is 5.91 Å². The van der Waals surface area contributed by atoms with Crippen LogP contribution >= 0.6 is 11.3 Å². The average Bonchev–Trinajstić information content (AvgIpc) is 3.15. The van der Waals surface area contributed by atoms with E-state index in [1.807, 2.05) is 10.3 Å². The van der Waals surface area contributed by atoms with E-state index in [-0.39, 0.29) is 18.1 Å². The van der Waals surface area contributed by atoms with E-state index < -0.39 is 0 Å². The highest BCUT2D eigenvalue weighted by Crippen LogP contribution is 2.35. The summed E-state index contributed by atoms with van der Waals surface area (Å²) in [6.07, 6.45) is 3.80. The van der Waals surface area contributed by atoms with Crippen molar-refractivity contribution < 1.29 is 14.3 Å². The first kappa shape index (κ1) is 14.7. The van der Waals surface area contributed by atoms with Crippen LogP contribution in [-0.4, -0.2) is 54.3 Å². The Hall–Kier alpha value is -1.24. The Labute approximate surface area is 128 Å². The van der Waals surface area contributed by atoms with Crippen molar-refractivity contribution in [1.29, 1.82) is 0 Å². The number of fused-ring (bicyclic) bond motifs is 1. The summed E-state index contributed by atoms with van der Waals surface area (Å²) < 4.78 is 11.4. The molecular formula is C15H20N2O3S. The Kier molecular flexibility index (Phi) is 4.67. The predicted molar refractivity (Wildman–Crippen MR) is 80.4 cm³/mol. The highest BCUT2D eigenvalue weighted by atomic mass is 32.1. The number of amides is 1. The molecule has 2 aliphatic rings.